The van der Waals surface area contributed by atoms with Crippen LogP contribution in [0.2, 0.25) is 0 Å². The molecule has 0 saturated carbocycles. The van der Waals surface area contributed by atoms with E-state index in [1.807, 2.05) is 0 Å². The topological polar surface area (TPSA) is 23.5 Å². The largest absolute Gasteiger partial charge is 0.388 e. The molecule has 1 unspecified atom stereocenters. The van der Waals surface area contributed by atoms with E-state index in [4.69, 9.17) is 0 Å². The van der Waals surface area contributed by atoms with E-state index in [9.17, 15) is 13.9 Å². The Morgan fingerprint density at radius 2 is 1.95 bits per heavy atom. The summed E-state index contributed by atoms with van der Waals surface area (Å²) in [6, 6.07) is 3.96. The first-order valence-electron chi connectivity index (χ1n) is 7.79. The minimum Gasteiger partial charge on any atom is -0.388 e. The lowest BCUT2D eigenvalue weighted by molar-refractivity contribution is 0.0897. The fourth-order valence-electron chi connectivity index (χ4n) is 2.91. The Bertz CT molecular complexity index is 470. The summed E-state index contributed by atoms with van der Waals surface area (Å²) in [6.45, 7) is 7.30. The molecule has 21 heavy (non-hydrogen) atoms. The molecule has 0 radical (unpaired) electrons. The van der Waals surface area contributed by atoms with Gasteiger partial charge in [-0.05, 0) is 43.8 Å². The third-order valence-electron chi connectivity index (χ3n) is 4.98. The molecule has 4 heteroatoms. The summed E-state index contributed by atoms with van der Waals surface area (Å²) in [4.78, 5) is 2.30. The number of hydrogen-bond donors (Lipinski definition) is 1. The number of halogens is 2. The number of hydrogen-bond acceptors (Lipinski definition) is 2. The van der Waals surface area contributed by atoms with Crippen LogP contribution in [-0.2, 0) is 0 Å². The van der Waals surface area contributed by atoms with Crippen LogP contribution in [0, 0.1) is 17.0 Å². The molecule has 0 aliphatic carbocycles. The molecule has 1 aromatic rings. The number of aliphatic hydroxyl groups is 1. The molecular formula is C17H25F2NO. The Kier molecular flexibility index (Phi) is 5.33. The van der Waals surface area contributed by atoms with Crippen molar-refractivity contribution in [1.82, 2.24) is 4.90 Å². The maximum Gasteiger partial charge on any atom is 0.164 e. The smallest absolute Gasteiger partial charge is 0.164 e. The fraction of sp³-hybridized carbons (Fsp3) is 0.647. The van der Waals surface area contributed by atoms with Gasteiger partial charge in [-0.3, -0.25) is 0 Å². The summed E-state index contributed by atoms with van der Waals surface area (Å²) < 4.78 is 26.8. The van der Waals surface area contributed by atoms with Crippen molar-refractivity contribution in [2.75, 3.05) is 19.6 Å². The monoisotopic (exact) mass is 297 g/mol. The van der Waals surface area contributed by atoms with E-state index in [0.717, 1.165) is 38.5 Å². The number of nitrogens with zero attached hydrogens (tertiary/aromatic N) is 1. The number of rotatable bonds is 5. The Hall–Kier alpha value is -1.00. The molecule has 0 bridgehead atoms. The molecule has 0 aromatic heterocycles. The summed E-state index contributed by atoms with van der Waals surface area (Å²) in [6.07, 6.45) is 3.00. The minimum absolute atomic E-state index is 0.0606. The van der Waals surface area contributed by atoms with Crippen LogP contribution in [0.15, 0.2) is 18.2 Å². The van der Waals surface area contributed by atoms with Gasteiger partial charge in [0.25, 0.3) is 0 Å². The molecule has 1 saturated heterocycles. The van der Waals surface area contributed by atoms with E-state index in [-0.39, 0.29) is 5.56 Å². The van der Waals surface area contributed by atoms with Gasteiger partial charge < -0.3 is 10.0 Å². The summed E-state index contributed by atoms with van der Waals surface area (Å²) in [5.41, 5.74) is 0.495. The van der Waals surface area contributed by atoms with Crippen LogP contribution in [0.5, 0.6) is 0 Å². The van der Waals surface area contributed by atoms with Crippen molar-refractivity contribution < 1.29 is 13.9 Å². The van der Waals surface area contributed by atoms with Crippen LogP contribution in [0.25, 0.3) is 0 Å². The van der Waals surface area contributed by atoms with Crippen LogP contribution in [0.3, 0.4) is 0 Å². The lowest BCUT2D eigenvalue weighted by Gasteiger charge is -2.39. The molecule has 2 nitrogen and oxygen atoms in total. The highest BCUT2D eigenvalue weighted by Crippen LogP contribution is 2.34. The predicted octanol–water partition coefficient (Wildman–Crippen LogP) is 3.90. The Labute approximate surface area is 125 Å². The van der Waals surface area contributed by atoms with E-state index in [1.54, 1.807) is 0 Å². The molecular weight excluding hydrogens is 272 g/mol. The fourth-order valence-corrected chi connectivity index (χ4v) is 2.91. The molecule has 1 aliphatic rings. The van der Waals surface area contributed by atoms with Crippen molar-refractivity contribution in [3.8, 4) is 0 Å². The molecule has 1 atom stereocenters. The average molecular weight is 297 g/mol. The first kappa shape index (κ1) is 16.4. The molecule has 1 heterocycles. The summed E-state index contributed by atoms with van der Waals surface area (Å²) >= 11 is 0. The van der Waals surface area contributed by atoms with Crippen molar-refractivity contribution in [1.29, 1.82) is 0 Å². The maximum atomic E-state index is 13.6. The highest BCUT2D eigenvalue weighted by molar-refractivity contribution is 5.21. The maximum absolute atomic E-state index is 13.6. The number of benzene rings is 1. The molecule has 0 amide bonds. The standard InChI is InChI=1S/C17H25F2NO/c1-3-17(2)8-11-20(12-9-17)10-7-15(21)13-5-4-6-14(18)16(13)19/h4-6,15,21H,3,7-12H2,1-2H3. The second kappa shape index (κ2) is 6.84. The number of likely N-dealkylation sites (tertiary alicyclic amines) is 1. The molecule has 1 aromatic carbocycles. The van der Waals surface area contributed by atoms with E-state index >= 15 is 0 Å². The third-order valence-corrected chi connectivity index (χ3v) is 4.98. The van der Waals surface area contributed by atoms with Gasteiger partial charge >= 0.3 is 0 Å². The zero-order valence-electron chi connectivity index (χ0n) is 12.9. The molecule has 0 spiro atoms. The SMILES string of the molecule is CCC1(C)CCN(CCC(O)c2cccc(F)c2F)CC1. The van der Waals surface area contributed by atoms with Gasteiger partial charge in [-0.2, -0.15) is 0 Å². The Balaban J connectivity index is 1.85. The van der Waals surface area contributed by atoms with Crippen LogP contribution in [0.1, 0.15) is 51.2 Å². The quantitative estimate of drug-likeness (QED) is 0.891. The van der Waals surface area contributed by atoms with Crippen LogP contribution in [-0.4, -0.2) is 29.6 Å². The molecule has 118 valence electrons. The van der Waals surface area contributed by atoms with Gasteiger partial charge in [0.15, 0.2) is 11.6 Å². The second-order valence-corrected chi connectivity index (χ2v) is 6.45. The Morgan fingerprint density at radius 3 is 2.57 bits per heavy atom. The lowest BCUT2D eigenvalue weighted by Crippen LogP contribution is -2.39. The molecule has 1 aliphatic heterocycles. The zero-order valence-corrected chi connectivity index (χ0v) is 12.9. The highest BCUT2D eigenvalue weighted by atomic mass is 19.2. The molecule has 1 fully saturated rings. The van der Waals surface area contributed by atoms with Gasteiger partial charge in [0.1, 0.15) is 0 Å². The highest BCUT2D eigenvalue weighted by Gasteiger charge is 2.28. The van der Waals surface area contributed by atoms with Crippen LogP contribution >= 0.6 is 0 Å². The predicted molar refractivity (Wildman–Crippen MR) is 80.0 cm³/mol. The normalized spacial score (nSPS) is 20.4. The van der Waals surface area contributed by atoms with Gasteiger partial charge in [-0.1, -0.05) is 32.4 Å². The number of piperidine rings is 1. The Morgan fingerprint density at radius 1 is 1.29 bits per heavy atom. The van der Waals surface area contributed by atoms with Crippen LogP contribution < -0.4 is 0 Å². The molecule has 2 rings (SSSR count). The first-order chi connectivity index (χ1) is 9.95. The summed E-state index contributed by atoms with van der Waals surface area (Å²) in [7, 11) is 0. The lowest BCUT2D eigenvalue weighted by atomic mass is 9.78. The van der Waals surface area contributed by atoms with E-state index in [0.29, 0.717) is 11.8 Å². The third kappa shape index (κ3) is 4.01. The summed E-state index contributed by atoms with van der Waals surface area (Å²) in [5.74, 6) is -1.83. The van der Waals surface area contributed by atoms with Crippen LogP contribution in [0.4, 0.5) is 8.78 Å². The van der Waals surface area contributed by atoms with Crippen molar-refractivity contribution in [3.63, 3.8) is 0 Å². The minimum atomic E-state index is -0.944. The van der Waals surface area contributed by atoms with Gasteiger partial charge in [-0.25, -0.2) is 8.78 Å². The van der Waals surface area contributed by atoms with E-state index in [2.05, 4.69) is 18.7 Å². The van der Waals surface area contributed by atoms with Crippen molar-refractivity contribution >= 4 is 0 Å². The van der Waals surface area contributed by atoms with Crippen molar-refractivity contribution in [2.24, 2.45) is 5.41 Å². The second-order valence-electron chi connectivity index (χ2n) is 6.45. The van der Waals surface area contributed by atoms with Crippen molar-refractivity contribution in [2.45, 2.75) is 45.6 Å². The van der Waals surface area contributed by atoms with Crippen molar-refractivity contribution in [3.05, 3.63) is 35.4 Å². The van der Waals surface area contributed by atoms with Gasteiger partial charge in [0, 0.05) is 12.1 Å². The summed E-state index contributed by atoms with van der Waals surface area (Å²) in [5, 5.41) is 10.1. The first-order valence-corrected chi connectivity index (χ1v) is 7.79. The number of aliphatic hydroxyl groups excluding tert-OH is 1. The van der Waals surface area contributed by atoms with Gasteiger partial charge in [-0.15, -0.1) is 0 Å². The van der Waals surface area contributed by atoms with E-state index < -0.39 is 17.7 Å². The average Bonchev–Trinajstić information content (AvgIpc) is 2.49. The van der Waals surface area contributed by atoms with E-state index in [1.165, 1.54) is 18.6 Å². The van der Waals surface area contributed by atoms with Gasteiger partial charge in [0.05, 0.1) is 6.10 Å². The molecule has 1 N–H and O–H groups in total. The zero-order chi connectivity index (χ0) is 15.5. The van der Waals surface area contributed by atoms with Gasteiger partial charge in [0.2, 0.25) is 0 Å².